The van der Waals surface area contributed by atoms with Crippen LogP contribution >= 0.6 is 0 Å². The summed E-state index contributed by atoms with van der Waals surface area (Å²) in [4.78, 5) is 15.0. The summed E-state index contributed by atoms with van der Waals surface area (Å²) in [5, 5.41) is 0. The Morgan fingerprint density at radius 1 is 1.16 bits per heavy atom. The van der Waals surface area contributed by atoms with Gasteiger partial charge in [-0.15, -0.1) is 0 Å². The predicted molar refractivity (Wildman–Crippen MR) is 102 cm³/mol. The number of aryl methyl sites for hydroxylation is 2. The third-order valence-corrected chi connectivity index (χ3v) is 5.49. The van der Waals surface area contributed by atoms with E-state index in [1.807, 2.05) is 17.9 Å². The van der Waals surface area contributed by atoms with E-state index in [1.165, 1.54) is 5.56 Å². The van der Waals surface area contributed by atoms with Crippen molar-refractivity contribution in [3.05, 3.63) is 52.8 Å². The maximum absolute atomic E-state index is 13.0. The fourth-order valence-corrected chi connectivity index (χ4v) is 3.94. The van der Waals surface area contributed by atoms with Crippen molar-refractivity contribution >= 4 is 5.91 Å². The van der Waals surface area contributed by atoms with E-state index in [2.05, 4.69) is 49.6 Å². The number of carbonyl (C=O) groups excluding carboxylic acids is 1. The van der Waals surface area contributed by atoms with Crippen LogP contribution in [0.3, 0.4) is 0 Å². The molecule has 2 aromatic rings. The molecule has 0 aliphatic carbocycles. The predicted octanol–water partition coefficient (Wildman–Crippen LogP) is 3.60. The van der Waals surface area contributed by atoms with Crippen LogP contribution in [-0.2, 0) is 0 Å². The van der Waals surface area contributed by atoms with Gasteiger partial charge < -0.3 is 15.2 Å². The van der Waals surface area contributed by atoms with E-state index >= 15 is 0 Å². The van der Waals surface area contributed by atoms with Gasteiger partial charge in [0, 0.05) is 36.2 Å². The van der Waals surface area contributed by atoms with Crippen LogP contribution in [0, 0.1) is 26.7 Å². The second-order valence-electron chi connectivity index (χ2n) is 7.45. The molecular weight excluding hydrogens is 310 g/mol. The number of piperidine rings is 1. The highest BCUT2D eigenvalue weighted by molar-refractivity contribution is 5.96. The van der Waals surface area contributed by atoms with Crippen LogP contribution in [0.2, 0.25) is 0 Å². The van der Waals surface area contributed by atoms with Gasteiger partial charge in [0.2, 0.25) is 0 Å². The second-order valence-corrected chi connectivity index (χ2v) is 7.45. The average Bonchev–Trinajstić information content (AvgIpc) is 2.88. The SMILES string of the molecule is Cc1cccc(-n2c(C)cc(C(=O)N3CCC(C(C)N)CC3)c2C)c1. The average molecular weight is 339 g/mol. The fourth-order valence-electron chi connectivity index (χ4n) is 3.94. The molecule has 4 nitrogen and oxygen atoms in total. The number of rotatable bonds is 3. The van der Waals surface area contributed by atoms with E-state index in [0.717, 1.165) is 48.6 Å². The molecular formula is C21H29N3O. The number of carbonyl (C=O) groups is 1. The Labute approximate surface area is 150 Å². The molecule has 1 fully saturated rings. The monoisotopic (exact) mass is 339 g/mol. The van der Waals surface area contributed by atoms with Gasteiger partial charge in [-0.05, 0) is 70.2 Å². The van der Waals surface area contributed by atoms with Crippen LogP contribution in [0.5, 0.6) is 0 Å². The summed E-state index contributed by atoms with van der Waals surface area (Å²) in [6.07, 6.45) is 2.00. The molecule has 2 N–H and O–H groups in total. The first-order valence-corrected chi connectivity index (χ1v) is 9.19. The second kappa shape index (κ2) is 7.04. The highest BCUT2D eigenvalue weighted by Gasteiger charge is 2.27. The molecule has 1 aromatic heterocycles. The third-order valence-electron chi connectivity index (χ3n) is 5.49. The summed E-state index contributed by atoms with van der Waals surface area (Å²) in [5.74, 6) is 0.680. The fraction of sp³-hybridized carbons (Fsp3) is 0.476. The number of nitrogens with zero attached hydrogens (tertiary/aromatic N) is 2. The summed E-state index contributed by atoms with van der Waals surface area (Å²) >= 11 is 0. The molecule has 25 heavy (non-hydrogen) atoms. The van der Waals surface area contributed by atoms with Gasteiger partial charge in [-0.25, -0.2) is 0 Å². The molecule has 1 saturated heterocycles. The molecule has 1 aromatic carbocycles. The summed E-state index contributed by atoms with van der Waals surface area (Å²) < 4.78 is 2.18. The molecule has 134 valence electrons. The van der Waals surface area contributed by atoms with Gasteiger partial charge in [0.25, 0.3) is 5.91 Å². The molecule has 0 bridgehead atoms. The molecule has 1 amide bonds. The Morgan fingerprint density at radius 3 is 2.44 bits per heavy atom. The maximum atomic E-state index is 13.0. The zero-order valence-corrected chi connectivity index (χ0v) is 15.7. The van der Waals surface area contributed by atoms with Gasteiger partial charge in [0.05, 0.1) is 5.56 Å². The zero-order chi connectivity index (χ0) is 18.1. The highest BCUT2D eigenvalue weighted by atomic mass is 16.2. The molecule has 4 heteroatoms. The van der Waals surface area contributed by atoms with Crippen molar-refractivity contribution in [1.29, 1.82) is 0 Å². The van der Waals surface area contributed by atoms with Gasteiger partial charge in [-0.3, -0.25) is 4.79 Å². The first kappa shape index (κ1) is 17.7. The van der Waals surface area contributed by atoms with Crippen molar-refractivity contribution < 1.29 is 4.79 Å². The lowest BCUT2D eigenvalue weighted by Crippen LogP contribution is -2.42. The number of aromatic nitrogens is 1. The van der Waals surface area contributed by atoms with E-state index in [4.69, 9.17) is 5.73 Å². The van der Waals surface area contributed by atoms with Crippen LogP contribution < -0.4 is 5.73 Å². The topological polar surface area (TPSA) is 51.3 Å². The molecule has 0 saturated carbocycles. The van der Waals surface area contributed by atoms with Gasteiger partial charge in [0.15, 0.2) is 0 Å². The van der Waals surface area contributed by atoms with Crippen molar-refractivity contribution in [1.82, 2.24) is 9.47 Å². The third kappa shape index (κ3) is 3.49. The van der Waals surface area contributed by atoms with E-state index in [-0.39, 0.29) is 11.9 Å². The van der Waals surface area contributed by atoms with E-state index in [9.17, 15) is 4.79 Å². The summed E-state index contributed by atoms with van der Waals surface area (Å²) in [6.45, 7) is 9.87. The standard InChI is InChI=1S/C21H29N3O/c1-14-6-5-7-19(12-14)24-15(2)13-20(17(24)4)21(25)23-10-8-18(9-11-23)16(3)22/h5-7,12-13,16,18H,8-11,22H2,1-4H3. The van der Waals surface area contributed by atoms with Crippen molar-refractivity contribution in [3.63, 3.8) is 0 Å². The van der Waals surface area contributed by atoms with Crippen molar-refractivity contribution in [3.8, 4) is 5.69 Å². The summed E-state index contributed by atoms with van der Waals surface area (Å²) in [7, 11) is 0. The van der Waals surface area contributed by atoms with Gasteiger partial charge in [-0.2, -0.15) is 0 Å². The van der Waals surface area contributed by atoms with Gasteiger partial charge >= 0.3 is 0 Å². The van der Waals surface area contributed by atoms with E-state index in [1.54, 1.807) is 0 Å². The Morgan fingerprint density at radius 2 is 1.84 bits per heavy atom. The van der Waals surface area contributed by atoms with Crippen molar-refractivity contribution in [2.75, 3.05) is 13.1 Å². The zero-order valence-electron chi connectivity index (χ0n) is 15.7. The number of nitrogens with two attached hydrogens (primary N) is 1. The normalized spacial score (nSPS) is 16.9. The Balaban J connectivity index is 1.84. The van der Waals surface area contributed by atoms with Crippen LogP contribution in [0.1, 0.15) is 47.1 Å². The Hall–Kier alpha value is -2.07. The largest absolute Gasteiger partial charge is 0.339 e. The lowest BCUT2D eigenvalue weighted by Gasteiger charge is -2.33. The first-order chi connectivity index (χ1) is 11.9. The molecule has 2 heterocycles. The van der Waals surface area contributed by atoms with Gasteiger partial charge in [-0.1, -0.05) is 12.1 Å². The first-order valence-electron chi connectivity index (χ1n) is 9.19. The number of hydrogen-bond acceptors (Lipinski definition) is 2. The minimum atomic E-state index is 0.148. The summed E-state index contributed by atoms with van der Waals surface area (Å²) in [5.41, 5.74) is 11.3. The quantitative estimate of drug-likeness (QED) is 0.929. The number of likely N-dealkylation sites (tertiary alicyclic amines) is 1. The number of hydrogen-bond donors (Lipinski definition) is 1. The molecule has 0 spiro atoms. The maximum Gasteiger partial charge on any atom is 0.255 e. The molecule has 1 aliphatic rings. The van der Waals surface area contributed by atoms with Crippen LogP contribution in [-0.4, -0.2) is 34.5 Å². The number of amides is 1. The molecule has 3 rings (SSSR count). The molecule has 1 aliphatic heterocycles. The number of benzene rings is 1. The smallest absolute Gasteiger partial charge is 0.255 e. The van der Waals surface area contributed by atoms with Crippen LogP contribution in [0.15, 0.2) is 30.3 Å². The molecule has 1 atom stereocenters. The lowest BCUT2D eigenvalue weighted by atomic mass is 9.90. The minimum absolute atomic E-state index is 0.148. The lowest BCUT2D eigenvalue weighted by molar-refractivity contribution is 0.0680. The molecule has 0 radical (unpaired) electrons. The van der Waals surface area contributed by atoms with Crippen molar-refractivity contribution in [2.45, 2.75) is 46.6 Å². The molecule has 1 unspecified atom stereocenters. The minimum Gasteiger partial charge on any atom is -0.339 e. The van der Waals surface area contributed by atoms with Crippen LogP contribution in [0.4, 0.5) is 0 Å². The Kier molecular flexibility index (Phi) is 5.00. The van der Waals surface area contributed by atoms with Gasteiger partial charge in [0.1, 0.15) is 0 Å². The highest BCUT2D eigenvalue weighted by Crippen LogP contribution is 2.25. The van der Waals surface area contributed by atoms with E-state index < -0.39 is 0 Å². The van der Waals surface area contributed by atoms with Crippen molar-refractivity contribution in [2.24, 2.45) is 11.7 Å². The van der Waals surface area contributed by atoms with E-state index in [0.29, 0.717) is 5.92 Å². The Bertz CT molecular complexity index is 767. The van der Waals surface area contributed by atoms with Crippen LogP contribution in [0.25, 0.3) is 5.69 Å². The summed E-state index contributed by atoms with van der Waals surface area (Å²) in [6, 6.07) is 10.6.